The Morgan fingerprint density at radius 2 is 2.20 bits per heavy atom. The quantitative estimate of drug-likeness (QED) is 0.648. The maximum absolute atomic E-state index is 11.4. The number of ether oxygens (including phenoxy) is 1. The molecule has 0 aromatic heterocycles. The molecule has 2 heteroatoms. The number of fused-ring (bicyclic) bond motifs is 3. The zero-order chi connectivity index (χ0) is 10.4. The number of benzene rings is 1. The number of hydrogen-bond acceptors (Lipinski definition) is 2. The number of carbonyl (C=O) groups excluding carboxylic acids is 1. The Morgan fingerprint density at radius 1 is 1.40 bits per heavy atom. The van der Waals surface area contributed by atoms with Gasteiger partial charge in [0.15, 0.2) is 0 Å². The van der Waals surface area contributed by atoms with Gasteiger partial charge in [-0.05, 0) is 17.5 Å². The first-order valence-electron chi connectivity index (χ1n) is 5.19. The number of allylic oxidation sites excluding steroid dienone is 1. The van der Waals surface area contributed by atoms with E-state index in [1.165, 1.54) is 18.2 Å². The molecule has 0 saturated carbocycles. The molecule has 0 aliphatic heterocycles. The van der Waals surface area contributed by atoms with Crippen molar-refractivity contribution in [3.8, 4) is 0 Å². The maximum Gasteiger partial charge on any atom is 0.333 e. The van der Waals surface area contributed by atoms with Crippen LogP contribution in [0.4, 0.5) is 0 Å². The smallest absolute Gasteiger partial charge is 0.333 e. The fourth-order valence-electron chi connectivity index (χ4n) is 2.67. The summed E-state index contributed by atoms with van der Waals surface area (Å²) in [5.41, 5.74) is 3.62. The minimum Gasteiger partial charge on any atom is -0.466 e. The first-order valence-corrected chi connectivity index (χ1v) is 5.19. The summed E-state index contributed by atoms with van der Waals surface area (Å²) in [6.07, 6.45) is 3.03. The molecule has 76 valence electrons. The van der Waals surface area contributed by atoms with Gasteiger partial charge >= 0.3 is 5.97 Å². The van der Waals surface area contributed by atoms with Gasteiger partial charge in [-0.1, -0.05) is 30.3 Å². The number of hydrogen-bond donors (Lipinski definition) is 0. The fraction of sp³-hybridized carbons (Fsp3) is 0.308. The predicted molar refractivity (Wildman–Crippen MR) is 56.5 cm³/mol. The van der Waals surface area contributed by atoms with Gasteiger partial charge in [-0.15, -0.1) is 0 Å². The topological polar surface area (TPSA) is 26.3 Å². The first kappa shape index (κ1) is 8.72. The van der Waals surface area contributed by atoms with Crippen LogP contribution in [0.15, 0.2) is 35.9 Å². The number of methoxy groups -OCH3 is 1. The van der Waals surface area contributed by atoms with Crippen LogP contribution in [0.3, 0.4) is 0 Å². The van der Waals surface area contributed by atoms with Gasteiger partial charge in [0.2, 0.25) is 0 Å². The Kier molecular flexibility index (Phi) is 1.72. The fourth-order valence-corrected chi connectivity index (χ4v) is 2.67. The van der Waals surface area contributed by atoms with Crippen LogP contribution >= 0.6 is 0 Å². The molecule has 15 heavy (non-hydrogen) atoms. The van der Waals surface area contributed by atoms with Gasteiger partial charge < -0.3 is 4.74 Å². The predicted octanol–water partition coefficient (Wildman–Crippen LogP) is 2.06. The highest BCUT2D eigenvalue weighted by Crippen LogP contribution is 2.50. The van der Waals surface area contributed by atoms with E-state index in [2.05, 4.69) is 24.3 Å². The van der Waals surface area contributed by atoms with Crippen LogP contribution in [0.1, 0.15) is 17.0 Å². The van der Waals surface area contributed by atoms with E-state index in [9.17, 15) is 4.79 Å². The first-order chi connectivity index (χ1) is 7.31. The van der Waals surface area contributed by atoms with Gasteiger partial charge in [-0.3, -0.25) is 0 Å². The van der Waals surface area contributed by atoms with Crippen LogP contribution in [0.25, 0.3) is 0 Å². The summed E-state index contributed by atoms with van der Waals surface area (Å²) in [4.78, 5) is 11.4. The largest absolute Gasteiger partial charge is 0.466 e. The highest BCUT2D eigenvalue weighted by Gasteiger charge is 2.43. The van der Waals surface area contributed by atoms with Gasteiger partial charge in [0.05, 0.1) is 7.11 Å². The molecule has 1 aromatic carbocycles. The summed E-state index contributed by atoms with van der Waals surface area (Å²) in [7, 11) is 1.44. The number of rotatable bonds is 1. The van der Waals surface area contributed by atoms with E-state index in [4.69, 9.17) is 4.74 Å². The standard InChI is InChI=1S/C13H12O2/c1-15-13(14)12-7-11-9-5-3-2-4-8(9)6-10(11)12/h2-5,7,10-11H,6H2,1H3. The second-order valence-corrected chi connectivity index (χ2v) is 4.15. The SMILES string of the molecule is COC(=O)C1=CC2c3ccccc3CC12. The zero-order valence-corrected chi connectivity index (χ0v) is 8.57. The molecule has 1 aromatic rings. The maximum atomic E-state index is 11.4. The van der Waals surface area contributed by atoms with E-state index in [0.717, 1.165) is 12.0 Å². The Bertz CT molecular complexity index is 459. The molecule has 3 rings (SSSR count). The summed E-state index contributed by atoms with van der Waals surface area (Å²) >= 11 is 0. The molecular formula is C13H12O2. The molecule has 0 spiro atoms. The summed E-state index contributed by atoms with van der Waals surface area (Å²) in [6.45, 7) is 0. The normalized spacial score (nSPS) is 26.1. The van der Waals surface area contributed by atoms with Crippen LogP contribution in [0.2, 0.25) is 0 Å². The van der Waals surface area contributed by atoms with Gasteiger partial charge in [0.25, 0.3) is 0 Å². The van der Waals surface area contributed by atoms with Crippen molar-refractivity contribution in [3.63, 3.8) is 0 Å². The van der Waals surface area contributed by atoms with Crippen LogP contribution < -0.4 is 0 Å². The Morgan fingerprint density at radius 3 is 3.00 bits per heavy atom. The Hall–Kier alpha value is -1.57. The lowest BCUT2D eigenvalue weighted by atomic mass is 9.75. The van der Waals surface area contributed by atoms with E-state index >= 15 is 0 Å². The lowest BCUT2D eigenvalue weighted by Crippen LogP contribution is -2.26. The van der Waals surface area contributed by atoms with Crippen molar-refractivity contribution in [1.82, 2.24) is 0 Å². The molecule has 0 amide bonds. The molecule has 2 nitrogen and oxygen atoms in total. The van der Waals surface area contributed by atoms with Crippen molar-refractivity contribution < 1.29 is 9.53 Å². The third-order valence-electron chi connectivity index (χ3n) is 3.47. The van der Waals surface area contributed by atoms with E-state index < -0.39 is 0 Å². The summed E-state index contributed by atoms with van der Waals surface area (Å²) in [5.74, 6) is 0.661. The Labute approximate surface area is 88.6 Å². The average Bonchev–Trinajstić information content (AvgIpc) is 2.52. The highest BCUT2D eigenvalue weighted by atomic mass is 16.5. The van der Waals surface area contributed by atoms with Crippen LogP contribution in [-0.4, -0.2) is 13.1 Å². The van der Waals surface area contributed by atoms with Crippen LogP contribution in [0, 0.1) is 5.92 Å². The van der Waals surface area contributed by atoms with Crippen molar-refractivity contribution in [2.24, 2.45) is 5.92 Å². The lowest BCUT2D eigenvalue weighted by molar-refractivity contribution is -0.137. The molecule has 2 unspecified atom stereocenters. The average molecular weight is 200 g/mol. The van der Waals surface area contributed by atoms with E-state index in [1.807, 2.05) is 6.08 Å². The highest BCUT2D eigenvalue weighted by molar-refractivity contribution is 5.92. The lowest BCUT2D eigenvalue weighted by Gasteiger charge is -2.28. The number of carbonyl (C=O) groups is 1. The van der Waals surface area contributed by atoms with Gasteiger partial charge in [0, 0.05) is 17.4 Å². The van der Waals surface area contributed by atoms with Crippen molar-refractivity contribution in [2.75, 3.05) is 7.11 Å². The van der Waals surface area contributed by atoms with Gasteiger partial charge in [0.1, 0.15) is 0 Å². The minimum atomic E-state index is -0.163. The van der Waals surface area contributed by atoms with Gasteiger partial charge in [-0.25, -0.2) is 4.79 Å². The Balaban J connectivity index is 1.93. The van der Waals surface area contributed by atoms with E-state index in [0.29, 0.717) is 11.8 Å². The van der Waals surface area contributed by atoms with Gasteiger partial charge in [-0.2, -0.15) is 0 Å². The minimum absolute atomic E-state index is 0.163. The molecule has 0 bridgehead atoms. The molecule has 2 aliphatic rings. The molecule has 2 aliphatic carbocycles. The molecular weight excluding hydrogens is 188 g/mol. The third kappa shape index (κ3) is 1.08. The molecule has 0 heterocycles. The van der Waals surface area contributed by atoms with Crippen LogP contribution in [0.5, 0.6) is 0 Å². The van der Waals surface area contributed by atoms with Crippen molar-refractivity contribution in [3.05, 3.63) is 47.0 Å². The summed E-state index contributed by atoms with van der Waals surface area (Å²) in [5, 5.41) is 0. The zero-order valence-electron chi connectivity index (χ0n) is 8.57. The van der Waals surface area contributed by atoms with Crippen LogP contribution in [-0.2, 0) is 16.0 Å². The van der Waals surface area contributed by atoms with E-state index in [-0.39, 0.29) is 5.97 Å². The second kappa shape index (κ2) is 2.96. The third-order valence-corrected chi connectivity index (χ3v) is 3.47. The van der Waals surface area contributed by atoms with Crippen molar-refractivity contribution in [2.45, 2.75) is 12.3 Å². The molecule has 0 saturated heterocycles. The van der Waals surface area contributed by atoms with E-state index in [1.54, 1.807) is 0 Å². The molecule has 0 radical (unpaired) electrons. The monoisotopic (exact) mass is 200 g/mol. The van der Waals surface area contributed by atoms with Crippen molar-refractivity contribution in [1.29, 1.82) is 0 Å². The number of esters is 1. The second-order valence-electron chi connectivity index (χ2n) is 4.15. The molecule has 0 N–H and O–H groups in total. The molecule has 2 atom stereocenters. The molecule has 0 fully saturated rings. The van der Waals surface area contributed by atoms with Crippen molar-refractivity contribution >= 4 is 5.97 Å². The summed E-state index contributed by atoms with van der Waals surface area (Å²) < 4.78 is 4.75. The summed E-state index contributed by atoms with van der Waals surface area (Å²) in [6, 6.07) is 8.42.